The van der Waals surface area contributed by atoms with Crippen LogP contribution in [0.2, 0.25) is 0 Å². The molecule has 138 valence electrons. The summed E-state index contributed by atoms with van der Waals surface area (Å²) in [5.41, 5.74) is 4.63. The Morgan fingerprint density at radius 3 is 2.27 bits per heavy atom. The molecule has 0 saturated carbocycles. The largest absolute Gasteiger partial charge is 0.497 e. The normalized spacial score (nSPS) is 11.0. The van der Waals surface area contributed by atoms with E-state index in [9.17, 15) is 4.79 Å². The van der Waals surface area contributed by atoms with Crippen LogP contribution in [0.4, 0.5) is 0 Å². The molecule has 0 unspecified atom stereocenters. The first-order valence-electron chi connectivity index (χ1n) is 8.45. The lowest BCUT2D eigenvalue weighted by Crippen LogP contribution is -2.20. The van der Waals surface area contributed by atoms with E-state index >= 15 is 0 Å². The molecule has 0 radical (unpaired) electrons. The van der Waals surface area contributed by atoms with E-state index in [2.05, 4.69) is 10.5 Å². The lowest BCUT2D eigenvalue weighted by Gasteiger charge is -2.12. The molecule has 0 atom stereocenters. The minimum Gasteiger partial charge on any atom is -0.497 e. The first-order chi connectivity index (χ1) is 12.6. The summed E-state index contributed by atoms with van der Waals surface area (Å²) < 4.78 is 16.0. The number of carbonyl (C=O) groups is 1. The van der Waals surface area contributed by atoms with Gasteiger partial charge in [0.05, 0.1) is 26.5 Å². The van der Waals surface area contributed by atoms with Gasteiger partial charge in [-0.1, -0.05) is 6.92 Å². The standard InChI is InChI=1S/C20H24N2O4/c1-5-18(17-12-11-16(24-3)13-19(17)25-4)21-22-20(23)14-7-9-15(10-8-14)26-6-2/h7-13H,5-6H2,1-4H3,(H,22,23)/b21-18+. The van der Waals surface area contributed by atoms with E-state index in [0.717, 1.165) is 11.3 Å². The molecule has 2 aromatic carbocycles. The average molecular weight is 356 g/mol. The van der Waals surface area contributed by atoms with Crippen LogP contribution in [0.1, 0.15) is 36.2 Å². The highest BCUT2D eigenvalue weighted by Gasteiger charge is 2.12. The molecule has 1 N–H and O–H groups in total. The van der Waals surface area contributed by atoms with E-state index in [1.165, 1.54) is 0 Å². The molecule has 0 aliphatic heterocycles. The number of hydrogen-bond donors (Lipinski definition) is 1. The molecule has 0 heterocycles. The molecule has 6 heteroatoms. The van der Waals surface area contributed by atoms with Gasteiger partial charge in [0.1, 0.15) is 17.2 Å². The van der Waals surface area contributed by atoms with Crippen molar-refractivity contribution in [3.8, 4) is 17.2 Å². The molecule has 0 bridgehead atoms. The summed E-state index contributed by atoms with van der Waals surface area (Å²) in [5.74, 6) is 1.77. The second-order valence-electron chi connectivity index (χ2n) is 5.38. The van der Waals surface area contributed by atoms with E-state index in [0.29, 0.717) is 35.8 Å². The van der Waals surface area contributed by atoms with Crippen molar-refractivity contribution in [1.29, 1.82) is 0 Å². The number of rotatable bonds is 8. The molecular formula is C20H24N2O4. The minimum absolute atomic E-state index is 0.286. The summed E-state index contributed by atoms with van der Waals surface area (Å²) in [6.07, 6.45) is 0.631. The predicted octanol–water partition coefficient (Wildman–Crippen LogP) is 3.65. The zero-order valence-corrected chi connectivity index (χ0v) is 15.5. The fraction of sp³-hybridized carbons (Fsp3) is 0.300. The van der Waals surface area contributed by atoms with Crippen molar-refractivity contribution in [2.45, 2.75) is 20.3 Å². The van der Waals surface area contributed by atoms with Crippen molar-refractivity contribution in [2.24, 2.45) is 5.10 Å². The molecule has 0 saturated heterocycles. The second-order valence-corrected chi connectivity index (χ2v) is 5.38. The lowest BCUT2D eigenvalue weighted by molar-refractivity contribution is 0.0954. The molecular weight excluding hydrogens is 332 g/mol. The number of hydrazone groups is 1. The topological polar surface area (TPSA) is 69.2 Å². The zero-order valence-electron chi connectivity index (χ0n) is 15.5. The van der Waals surface area contributed by atoms with Gasteiger partial charge in [0.2, 0.25) is 0 Å². The number of hydrogen-bond acceptors (Lipinski definition) is 5. The van der Waals surface area contributed by atoms with Gasteiger partial charge in [0.25, 0.3) is 5.91 Å². The molecule has 0 aliphatic carbocycles. The SMILES string of the molecule is CCOc1ccc(C(=O)N/N=C(\CC)c2ccc(OC)cc2OC)cc1. The number of amides is 1. The monoisotopic (exact) mass is 356 g/mol. The molecule has 0 fully saturated rings. The number of ether oxygens (including phenoxy) is 3. The summed E-state index contributed by atoms with van der Waals surface area (Å²) in [4.78, 5) is 12.3. The van der Waals surface area contributed by atoms with Crippen molar-refractivity contribution in [2.75, 3.05) is 20.8 Å². The van der Waals surface area contributed by atoms with Crippen molar-refractivity contribution >= 4 is 11.6 Å². The van der Waals surface area contributed by atoms with Crippen LogP contribution in [0.3, 0.4) is 0 Å². The Hall–Kier alpha value is -3.02. The third-order valence-corrected chi connectivity index (χ3v) is 3.77. The summed E-state index contributed by atoms with van der Waals surface area (Å²) in [6.45, 7) is 4.46. The summed E-state index contributed by atoms with van der Waals surface area (Å²) in [6, 6.07) is 12.4. The Morgan fingerprint density at radius 2 is 1.69 bits per heavy atom. The molecule has 6 nitrogen and oxygen atoms in total. The highest BCUT2D eigenvalue weighted by molar-refractivity contribution is 6.04. The molecule has 0 aliphatic rings. The Balaban J connectivity index is 2.17. The van der Waals surface area contributed by atoms with Gasteiger partial charge < -0.3 is 14.2 Å². The third kappa shape index (κ3) is 4.75. The summed E-state index contributed by atoms with van der Waals surface area (Å²) >= 11 is 0. The molecule has 0 spiro atoms. The maximum absolute atomic E-state index is 12.3. The van der Waals surface area contributed by atoms with Crippen LogP contribution in [0.15, 0.2) is 47.6 Å². The smallest absolute Gasteiger partial charge is 0.271 e. The van der Waals surface area contributed by atoms with Crippen LogP contribution in [0.25, 0.3) is 0 Å². The van der Waals surface area contributed by atoms with E-state index in [1.807, 2.05) is 26.0 Å². The van der Waals surface area contributed by atoms with Crippen LogP contribution < -0.4 is 19.6 Å². The van der Waals surface area contributed by atoms with Gasteiger partial charge in [-0.3, -0.25) is 4.79 Å². The Kier molecular flexibility index (Phi) is 7.02. The number of nitrogens with one attached hydrogen (secondary N) is 1. The molecule has 26 heavy (non-hydrogen) atoms. The number of nitrogens with zero attached hydrogens (tertiary/aromatic N) is 1. The van der Waals surface area contributed by atoms with Gasteiger partial charge in [0.15, 0.2) is 0 Å². The van der Waals surface area contributed by atoms with E-state index in [4.69, 9.17) is 14.2 Å². The van der Waals surface area contributed by atoms with Crippen LogP contribution >= 0.6 is 0 Å². The van der Waals surface area contributed by atoms with Crippen LogP contribution in [-0.4, -0.2) is 32.4 Å². The minimum atomic E-state index is -0.286. The Bertz CT molecular complexity index is 770. The lowest BCUT2D eigenvalue weighted by atomic mass is 10.1. The van der Waals surface area contributed by atoms with E-state index in [-0.39, 0.29) is 5.91 Å². The molecule has 2 aromatic rings. The van der Waals surface area contributed by atoms with Crippen LogP contribution in [0, 0.1) is 0 Å². The highest BCUT2D eigenvalue weighted by Crippen LogP contribution is 2.26. The summed E-state index contributed by atoms with van der Waals surface area (Å²) in [5, 5.41) is 4.28. The summed E-state index contributed by atoms with van der Waals surface area (Å²) in [7, 11) is 3.18. The van der Waals surface area contributed by atoms with Gasteiger partial charge in [-0.25, -0.2) is 5.43 Å². The van der Waals surface area contributed by atoms with Gasteiger partial charge in [-0.2, -0.15) is 5.10 Å². The first-order valence-corrected chi connectivity index (χ1v) is 8.45. The quantitative estimate of drug-likeness (QED) is 0.579. The Morgan fingerprint density at radius 1 is 1.00 bits per heavy atom. The van der Waals surface area contributed by atoms with Crippen molar-refractivity contribution in [1.82, 2.24) is 5.43 Å². The van der Waals surface area contributed by atoms with Crippen LogP contribution in [0.5, 0.6) is 17.2 Å². The van der Waals surface area contributed by atoms with Gasteiger partial charge >= 0.3 is 0 Å². The predicted molar refractivity (Wildman–Crippen MR) is 101 cm³/mol. The van der Waals surface area contributed by atoms with Crippen molar-refractivity contribution < 1.29 is 19.0 Å². The average Bonchev–Trinajstić information content (AvgIpc) is 2.69. The number of benzene rings is 2. The van der Waals surface area contributed by atoms with Gasteiger partial charge in [-0.05, 0) is 49.7 Å². The van der Waals surface area contributed by atoms with Crippen molar-refractivity contribution in [3.05, 3.63) is 53.6 Å². The fourth-order valence-corrected chi connectivity index (χ4v) is 2.42. The second kappa shape index (κ2) is 9.46. The van der Waals surface area contributed by atoms with E-state index < -0.39 is 0 Å². The third-order valence-electron chi connectivity index (χ3n) is 3.77. The van der Waals surface area contributed by atoms with Gasteiger partial charge in [0, 0.05) is 17.2 Å². The highest BCUT2D eigenvalue weighted by atomic mass is 16.5. The van der Waals surface area contributed by atoms with Crippen molar-refractivity contribution in [3.63, 3.8) is 0 Å². The zero-order chi connectivity index (χ0) is 18.9. The maximum Gasteiger partial charge on any atom is 0.271 e. The molecule has 2 rings (SSSR count). The van der Waals surface area contributed by atoms with Gasteiger partial charge in [-0.15, -0.1) is 0 Å². The maximum atomic E-state index is 12.3. The Labute approximate surface area is 153 Å². The first kappa shape index (κ1) is 19.3. The number of methoxy groups -OCH3 is 2. The van der Waals surface area contributed by atoms with Crippen LogP contribution in [-0.2, 0) is 0 Å². The molecule has 0 aromatic heterocycles. The number of carbonyl (C=O) groups excluding carboxylic acids is 1. The molecule has 1 amide bonds. The van der Waals surface area contributed by atoms with E-state index in [1.54, 1.807) is 44.6 Å². The fourth-order valence-electron chi connectivity index (χ4n) is 2.42.